The Bertz CT molecular complexity index is 152. The van der Waals surface area contributed by atoms with Crippen LogP contribution in [0.3, 0.4) is 0 Å². The molecule has 0 heterocycles. The summed E-state index contributed by atoms with van der Waals surface area (Å²) < 4.78 is 0. The molecule has 0 saturated heterocycles. The summed E-state index contributed by atoms with van der Waals surface area (Å²) in [5.74, 6) is 7.12. The molecule has 0 aliphatic rings. The molecule has 2 atom stereocenters. The van der Waals surface area contributed by atoms with Crippen molar-refractivity contribution in [2.75, 3.05) is 7.05 Å². The van der Waals surface area contributed by atoms with Gasteiger partial charge in [0.05, 0.1) is 6.04 Å². The van der Waals surface area contributed by atoms with Crippen LogP contribution in [0.5, 0.6) is 0 Å². The van der Waals surface area contributed by atoms with Crippen LogP contribution in [0, 0.1) is 17.8 Å². The third kappa shape index (κ3) is 6.24. The van der Waals surface area contributed by atoms with Gasteiger partial charge in [0.1, 0.15) is 0 Å². The summed E-state index contributed by atoms with van der Waals surface area (Å²) in [6.07, 6.45) is 3.60. The fourth-order valence-electron chi connectivity index (χ4n) is 1.05. The second-order valence-corrected chi connectivity index (χ2v) is 3.43. The van der Waals surface area contributed by atoms with Crippen LogP contribution in [0.4, 0.5) is 0 Å². The van der Waals surface area contributed by atoms with Gasteiger partial charge in [0.25, 0.3) is 0 Å². The zero-order chi connectivity index (χ0) is 9.40. The standard InChI is InChI=1S/C11H21N/c1-5-7-10(2)8-6-9-11(3)12-4/h10-12H,5,7-8H2,1-4H3. The smallest absolute Gasteiger partial charge is 0.0658 e. The Morgan fingerprint density at radius 2 is 2.00 bits per heavy atom. The third-order valence-electron chi connectivity index (χ3n) is 1.98. The quantitative estimate of drug-likeness (QED) is 0.634. The molecule has 0 amide bonds. The van der Waals surface area contributed by atoms with E-state index >= 15 is 0 Å². The zero-order valence-corrected chi connectivity index (χ0v) is 8.78. The summed E-state index contributed by atoms with van der Waals surface area (Å²) >= 11 is 0. The van der Waals surface area contributed by atoms with E-state index in [1.807, 2.05) is 7.05 Å². The molecule has 0 aromatic heterocycles. The maximum atomic E-state index is 3.21. The van der Waals surface area contributed by atoms with E-state index in [0.29, 0.717) is 6.04 Å². The van der Waals surface area contributed by atoms with Gasteiger partial charge in [0.2, 0.25) is 0 Å². The Kier molecular flexibility index (Phi) is 6.90. The summed E-state index contributed by atoms with van der Waals surface area (Å²) in [6, 6.07) is 0.332. The molecule has 1 heteroatoms. The van der Waals surface area contributed by atoms with E-state index in [9.17, 15) is 0 Å². The first kappa shape index (κ1) is 11.5. The van der Waals surface area contributed by atoms with E-state index in [1.54, 1.807) is 0 Å². The molecule has 0 saturated carbocycles. The SMILES string of the molecule is CCCC(C)CC#CC(C)NC. The zero-order valence-electron chi connectivity index (χ0n) is 8.78. The van der Waals surface area contributed by atoms with Crippen LogP contribution in [0.2, 0.25) is 0 Å². The molecule has 12 heavy (non-hydrogen) atoms. The topological polar surface area (TPSA) is 12.0 Å². The van der Waals surface area contributed by atoms with Crippen molar-refractivity contribution in [2.45, 2.75) is 46.1 Å². The van der Waals surface area contributed by atoms with Crippen LogP contribution in [-0.2, 0) is 0 Å². The van der Waals surface area contributed by atoms with Gasteiger partial charge in [0, 0.05) is 6.42 Å². The molecule has 0 aromatic rings. The fourth-order valence-corrected chi connectivity index (χ4v) is 1.05. The second-order valence-electron chi connectivity index (χ2n) is 3.43. The highest BCUT2D eigenvalue weighted by Gasteiger charge is 1.96. The van der Waals surface area contributed by atoms with Crippen molar-refractivity contribution in [1.82, 2.24) is 5.32 Å². The lowest BCUT2D eigenvalue weighted by Gasteiger charge is -2.04. The first-order chi connectivity index (χ1) is 5.70. The minimum absolute atomic E-state index is 0.332. The summed E-state index contributed by atoms with van der Waals surface area (Å²) in [5.41, 5.74) is 0. The minimum atomic E-state index is 0.332. The molecule has 0 fully saturated rings. The largest absolute Gasteiger partial charge is 0.307 e. The van der Waals surface area contributed by atoms with Gasteiger partial charge in [0.15, 0.2) is 0 Å². The molecule has 0 spiro atoms. The number of rotatable bonds is 4. The van der Waals surface area contributed by atoms with Gasteiger partial charge in [-0.1, -0.05) is 32.6 Å². The fraction of sp³-hybridized carbons (Fsp3) is 0.818. The van der Waals surface area contributed by atoms with Gasteiger partial charge < -0.3 is 5.32 Å². The molecule has 2 unspecified atom stereocenters. The summed E-state index contributed by atoms with van der Waals surface area (Å²) in [4.78, 5) is 0. The number of hydrogen-bond donors (Lipinski definition) is 1. The van der Waals surface area contributed by atoms with Crippen LogP contribution >= 0.6 is 0 Å². The minimum Gasteiger partial charge on any atom is -0.307 e. The second kappa shape index (κ2) is 7.18. The molecule has 1 nitrogen and oxygen atoms in total. The Balaban J connectivity index is 3.55. The molecule has 0 bridgehead atoms. The van der Waals surface area contributed by atoms with Gasteiger partial charge in [-0.3, -0.25) is 0 Å². The van der Waals surface area contributed by atoms with Gasteiger partial charge in [-0.2, -0.15) is 0 Å². The van der Waals surface area contributed by atoms with Crippen molar-refractivity contribution >= 4 is 0 Å². The number of nitrogens with one attached hydrogen (secondary N) is 1. The lowest BCUT2D eigenvalue weighted by Crippen LogP contribution is -2.18. The molecule has 1 N–H and O–H groups in total. The van der Waals surface area contributed by atoms with Gasteiger partial charge in [-0.15, -0.1) is 5.92 Å². The van der Waals surface area contributed by atoms with Crippen molar-refractivity contribution in [3.05, 3.63) is 0 Å². The van der Waals surface area contributed by atoms with E-state index in [-0.39, 0.29) is 0 Å². The molecule has 70 valence electrons. The average Bonchev–Trinajstić information content (AvgIpc) is 2.04. The first-order valence-electron chi connectivity index (χ1n) is 4.86. The van der Waals surface area contributed by atoms with E-state index in [0.717, 1.165) is 12.3 Å². The summed E-state index contributed by atoms with van der Waals surface area (Å²) in [7, 11) is 1.94. The van der Waals surface area contributed by atoms with E-state index < -0.39 is 0 Å². The molecule has 0 aliphatic carbocycles. The predicted molar refractivity (Wildman–Crippen MR) is 55.0 cm³/mol. The first-order valence-corrected chi connectivity index (χ1v) is 4.86. The van der Waals surface area contributed by atoms with Crippen molar-refractivity contribution in [3.8, 4) is 11.8 Å². The Morgan fingerprint density at radius 1 is 1.33 bits per heavy atom. The predicted octanol–water partition coefficient (Wildman–Crippen LogP) is 2.42. The highest BCUT2D eigenvalue weighted by Crippen LogP contribution is 2.07. The van der Waals surface area contributed by atoms with Crippen LogP contribution in [0.25, 0.3) is 0 Å². The van der Waals surface area contributed by atoms with E-state index in [2.05, 4.69) is 37.9 Å². The summed E-state index contributed by atoms with van der Waals surface area (Å²) in [5, 5.41) is 3.10. The number of hydrogen-bond acceptors (Lipinski definition) is 1. The molecular formula is C11H21N. The van der Waals surface area contributed by atoms with Crippen molar-refractivity contribution in [3.63, 3.8) is 0 Å². The van der Waals surface area contributed by atoms with Crippen LogP contribution in [0.1, 0.15) is 40.0 Å². The third-order valence-corrected chi connectivity index (χ3v) is 1.98. The lowest BCUT2D eigenvalue weighted by molar-refractivity contribution is 0.538. The van der Waals surface area contributed by atoms with E-state index in [1.165, 1.54) is 12.8 Å². The average molecular weight is 167 g/mol. The van der Waals surface area contributed by atoms with Crippen molar-refractivity contribution in [2.24, 2.45) is 5.92 Å². The molecule has 0 aromatic carbocycles. The highest BCUT2D eigenvalue weighted by atomic mass is 14.8. The Hall–Kier alpha value is -0.480. The van der Waals surface area contributed by atoms with Gasteiger partial charge in [-0.05, 0) is 19.9 Å². The van der Waals surface area contributed by atoms with Crippen LogP contribution in [0.15, 0.2) is 0 Å². The lowest BCUT2D eigenvalue weighted by atomic mass is 10.0. The van der Waals surface area contributed by atoms with Crippen molar-refractivity contribution in [1.29, 1.82) is 0 Å². The van der Waals surface area contributed by atoms with Crippen LogP contribution in [-0.4, -0.2) is 13.1 Å². The Morgan fingerprint density at radius 3 is 2.50 bits per heavy atom. The van der Waals surface area contributed by atoms with Crippen molar-refractivity contribution < 1.29 is 0 Å². The van der Waals surface area contributed by atoms with Gasteiger partial charge >= 0.3 is 0 Å². The Labute approximate surface area is 76.9 Å². The maximum absolute atomic E-state index is 3.21. The van der Waals surface area contributed by atoms with Crippen LogP contribution < -0.4 is 5.32 Å². The van der Waals surface area contributed by atoms with Gasteiger partial charge in [-0.25, -0.2) is 0 Å². The molecule has 0 aliphatic heterocycles. The highest BCUT2D eigenvalue weighted by molar-refractivity contribution is 5.06. The van der Waals surface area contributed by atoms with E-state index in [4.69, 9.17) is 0 Å². The molecule has 0 radical (unpaired) electrons. The molecular weight excluding hydrogens is 146 g/mol. The monoisotopic (exact) mass is 167 g/mol. The summed E-state index contributed by atoms with van der Waals surface area (Å²) in [6.45, 7) is 6.57. The normalized spacial score (nSPS) is 14.7. The maximum Gasteiger partial charge on any atom is 0.0658 e. The molecule has 0 rings (SSSR count).